The third-order valence-electron chi connectivity index (χ3n) is 2.42. The van der Waals surface area contributed by atoms with E-state index >= 15 is 0 Å². The van der Waals surface area contributed by atoms with Crippen LogP contribution >= 0.6 is 0 Å². The molecule has 0 saturated heterocycles. The summed E-state index contributed by atoms with van der Waals surface area (Å²) in [5.74, 6) is 0.663. The van der Waals surface area contributed by atoms with Gasteiger partial charge in [0.15, 0.2) is 0 Å². The van der Waals surface area contributed by atoms with Gasteiger partial charge < -0.3 is 10.2 Å². The second-order valence-corrected chi connectivity index (χ2v) is 3.67. The Balaban J connectivity index is 2.26. The Labute approximate surface area is 95.8 Å². The Morgan fingerprint density at radius 1 is 1.18 bits per heavy atom. The molecule has 2 nitrogen and oxygen atoms in total. The van der Waals surface area contributed by atoms with Crippen molar-refractivity contribution in [2.45, 2.75) is 12.6 Å². The van der Waals surface area contributed by atoms with E-state index in [0.717, 1.165) is 12.1 Å². The molecule has 0 radical (unpaired) electrons. The highest BCUT2D eigenvalue weighted by Gasteiger charge is 2.30. The minimum Gasteiger partial charge on any atom is -0.469 e. The van der Waals surface area contributed by atoms with Crippen molar-refractivity contribution in [3.63, 3.8) is 0 Å². The first-order valence-corrected chi connectivity index (χ1v) is 4.95. The summed E-state index contributed by atoms with van der Waals surface area (Å²) < 4.78 is 42.3. The summed E-state index contributed by atoms with van der Waals surface area (Å²) in [6.45, 7) is 0. The van der Waals surface area contributed by atoms with Gasteiger partial charge in [-0.2, -0.15) is 13.2 Å². The summed E-state index contributed by atoms with van der Waals surface area (Å²) in [6, 6.07) is 6.81. The molecule has 0 aliphatic heterocycles. The lowest BCUT2D eigenvalue weighted by Gasteiger charge is -2.10. The standard InChI is InChI=1S/C12H10F3NO/c13-12(14,15)9-4-3-8(11(16)7-9)6-10-2-1-5-17-10/h1-5,7H,6,16H2. The van der Waals surface area contributed by atoms with E-state index in [1.54, 1.807) is 12.1 Å². The van der Waals surface area contributed by atoms with Gasteiger partial charge in [0.05, 0.1) is 11.8 Å². The predicted molar refractivity (Wildman–Crippen MR) is 57.4 cm³/mol. The van der Waals surface area contributed by atoms with Gasteiger partial charge in [-0.1, -0.05) is 6.07 Å². The second kappa shape index (κ2) is 4.16. The molecule has 0 fully saturated rings. The van der Waals surface area contributed by atoms with Gasteiger partial charge in [0.2, 0.25) is 0 Å². The summed E-state index contributed by atoms with van der Waals surface area (Å²) in [6.07, 6.45) is -2.47. The highest BCUT2D eigenvalue weighted by molar-refractivity contribution is 5.51. The molecule has 1 heterocycles. The first-order chi connectivity index (χ1) is 7.97. The van der Waals surface area contributed by atoms with E-state index in [1.807, 2.05) is 0 Å². The summed E-state index contributed by atoms with van der Waals surface area (Å²) in [4.78, 5) is 0. The maximum absolute atomic E-state index is 12.4. The molecule has 0 aliphatic carbocycles. The van der Waals surface area contributed by atoms with Crippen LogP contribution in [-0.4, -0.2) is 0 Å². The smallest absolute Gasteiger partial charge is 0.416 e. The number of hydrogen-bond donors (Lipinski definition) is 1. The second-order valence-electron chi connectivity index (χ2n) is 3.67. The monoisotopic (exact) mass is 241 g/mol. The van der Waals surface area contributed by atoms with Crippen molar-refractivity contribution in [3.8, 4) is 0 Å². The number of nitrogen functional groups attached to an aromatic ring is 1. The van der Waals surface area contributed by atoms with Crippen LogP contribution in [0, 0.1) is 0 Å². The van der Waals surface area contributed by atoms with Crippen LogP contribution in [0.3, 0.4) is 0 Å². The predicted octanol–water partition coefficient (Wildman–Crippen LogP) is 3.47. The SMILES string of the molecule is Nc1cc(C(F)(F)F)ccc1Cc1ccco1. The van der Waals surface area contributed by atoms with Crippen molar-refractivity contribution in [1.29, 1.82) is 0 Å². The van der Waals surface area contributed by atoms with E-state index in [-0.39, 0.29) is 5.69 Å². The lowest BCUT2D eigenvalue weighted by atomic mass is 10.1. The molecule has 0 bridgehead atoms. The number of anilines is 1. The number of alkyl halides is 3. The Morgan fingerprint density at radius 3 is 2.47 bits per heavy atom. The van der Waals surface area contributed by atoms with Gasteiger partial charge in [-0.25, -0.2) is 0 Å². The fourth-order valence-electron chi connectivity index (χ4n) is 1.53. The molecule has 0 unspecified atom stereocenters. The van der Waals surface area contributed by atoms with E-state index in [0.29, 0.717) is 17.7 Å². The molecule has 0 aliphatic rings. The van der Waals surface area contributed by atoms with Crippen LogP contribution in [0.25, 0.3) is 0 Å². The van der Waals surface area contributed by atoms with E-state index in [1.165, 1.54) is 12.3 Å². The lowest BCUT2D eigenvalue weighted by molar-refractivity contribution is -0.137. The van der Waals surface area contributed by atoms with Crippen molar-refractivity contribution in [1.82, 2.24) is 0 Å². The van der Waals surface area contributed by atoms with E-state index in [2.05, 4.69) is 0 Å². The Kier molecular flexibility index (Phi) is 2.83. The highest BCUT2D eigenvalue weighted by Crippen LogP contribution is 2.31. The van der Waals surface area contributed by atoms with Crippen LogP contribution in [0.1, 0.15) is 16.9 Å². The lowest BCUT2D eigenvalue weighted by Crippen LogP contribution is -2.06. The molecule has 17 heavy (non-hydrogen) atoms. The molecule has 0 spiro atoms. The van der Waals surface area contributed by atoms with Crippen LogP contribution in [-0.2, 0) is 12.6 Å². The van der Waals surface area contributed by atoms with Gasteiger partial charge in [0.25, 0.3) is 0 Å². The van der Waals surface area contributed by atoms with Gasteiger partial charge >= 0.3 is 6.18 Å². The van der Waals surface area contributed by atoms with E-state index in [4.69, 9.17) is 10.2 Å². The maximum Gasteiger partial charge on any atom is 0.416 e. The van der Waals surface area contributed by atoms with E-state index in [9.17, 15) is 13.2 Å². The molecule has 0 atom stereocenters. The van der Waals surface area contributed by atoms with Crippen molar-refractivity contribution in [3.05, 3.63) is 53.5 Å². The van der Waals surface area contributed by atoms with Crippen LogP contribution in [0.5, 0.6) is 0 Å². The number of halogens is 3. The molecule has 2 aromatic rings. The maximum atomic E-state index is 12.4. The topological polar surface area (TPSA) is 39.2 Å². The minimum absolute atomic E-state index is 0.122. The quantitative estimate of drug-likeness (QED) is 0.817. The van der Waals surface area contributed by atoms with Gasteiger partial charge in [-0.15, -0.1) is 0 Å². The molecular formula is C12H10F3NO. The minimum atomic E-state index is -4.36. The zero-order valence-corrected chi connectivity index (χ0v) is 8.79. The first-order valence-electron chi connectivity index (χ1n) is 4.95. The first kappa shape index (κ1) is 11.6. The summed E-state index contributed by atoms with van der Waals surface area (Å²) in [5.41, 5.74) is 5.60. The third-order valence-corrected chi connectivity index (χ3v) is 2.42. The molecule has 1 aromatic carbocycles. The normalized spacial score (nSPS) is 11.7. The average Bonchev–Trinajstić information content (AvgIpc) is 2.72. The van der Waals surface area contributed by atoms with Crippen LogP contribution in [0.15, 0.2) is 41.0 Å². The molecule has 5 heteroatoms. The number of benzene rings is 1. The largest absolute Gasteiger partial charge is 0.469 e. The van der Waals surface area contributed by atoms with Gasteiger partial charge in [0, 0.05) is 12.1 Å². The number of hydrogen-bond acceptors (Lipinski definition) is 2. The molecule has 1 aromatic heterocycles. The van der Waals surface area contributed by atoms with Crippen molar-refractivity contribution in [2.75, 3.05) is 5.73 Å². The van der Waals surface area contributed by atoms with Crippen molar-refractivity contribution < 1.29 is 17.6 Å². The van der Waals surface area contributed by atoms with Gasteiger partial charge in [-0.3, -0.25) is 0 Å². The zero-order chi connectivity index (χ0) is 12.5. The molecular weight excluding hydrogens is 231 g/mol. The summed E-state index contributed by atoms with van der Waals surface area (Å²) in [5, 5.41) is 0. The van der Waals surface area contributed by atoms with Crippen LogP contribution < -0.4 is 5.73 Å². The molecule has 2 rings (SSSR count). The van der Waals surface area contributed by atoms with Crippen molar-refractivity contribution >= 4 is 5.69 Å². The van der Waals surface area contributed by atoms with Crippen LogP contribution in [0.2, 0.25) is 0 Å². The third kappa shape index (κ3) is 2.61. The van der Waals surface area contributed by atoms with Gasteiger partial charge in [-0.05, 0) is 29.8 Å². The molecule has 2 N–H and O–H groups in total. The van der Waals surface area contributed by atoms with Gasteiger partial charge in [0.1, 0.15) is 5.76 Å². The summed E-state index contributed by atoms with van der Waals surface area (Å²) in [7, 11) is 0. The molecule has 0 saturated carbocycles. The van der Waals surface area contributed by atoms with E-state index < -0.39 is 11.7 Å². The number of nitrogens with two attached hydrogens (primary N) is 1. The number of furan rings is 1. The Morgan fingerprint density at radius 2 is 1.94 bits per heavy atom. The average molecular weight is 241 g/mol. The highest BCUT2D eigenvalue weighted by atomic mass is 19.4. The van der Waals surface area contributed by atoms with Crippen LogP contribution in [0.4, 0.5) is 18.9 Å². The Hall–Kier alpha value is -1.91. The number of rotatable bonds is 2. The molecule has 90 valence electrons. The fourth-order valence-corrected chi connectivity index (χ4v) is 1.53. The molecule has 0 amide bonds. The Bertz CT molecular complexity index is 503. The zero-order valence-electron chi connectivity index (χ0n) is 8.79. The fraction of sp³-hybridized carbons (Fsp3) is 0.167. The summed E-state index contributed by atoms with van der Waals surface area (Å²) >= 11 is 0. The van der Waals surface area contributed by atoms with Crippen molar-refractivity contribution in [2.24, 2.45) is 0 Å².